The molecule has 4 rings (SSSR count). The number of para-hydroxylation sites is 1. The molecule has 0 saturated carbocycles. The smallest absolute Gasteiger partial charge is 0.294 e. The van der Waals surface area contributed by atoms with Crippen molar-refractivity contribution < 1.29 is 23.9 Å². The van der Waals surface area contributed by atoms with Crippen molar-refractivity contribution in [3.05, 3.63) is 92.8 Å². The first-order chi connectivity index (χ1) is 17.8. The number of thioether (sulfide) groups is 1. The second-order valence-electron chi connectivity index (χ2n) is 7.86. The van der Waals surface area contributed by atoms with Crippen molar-refractivity contribution in [2.75, 3.05) is 18.5 Å². The molecular weight excluding hydrogens is 535 g/mol. The number of carbonyl (C=O) groups excluding carboxylic acids is 3. The number of nitrogens with one attached hydrogen (secondary N) is 1. The van der Waals surface area contributed by atoms with Crippen LogP contribution in [0, 0.1) is 0 Å². The van der Waals surface area contributed by atoms with Crippen molar-refractivity contribution >= 4 is 63.8 Å². The van der Waals surface area contributed by atoms with Crippen LogP contribution in [0.3, 0.4) is 0 Å². The van der Waals surface area contributed by atoms with Crippen LogP contribution in [0.5, 0.6) is 11.5 Å². The van der Waals surface area contributed by atoms with Crippen LogP contribution in [-0.4, -0.2) is 35.1 Å². The largest absolute Gasteiger partial charge is 0.490 e. The van der Waals surface area contributed by atoms with Gasteiger partial charge in [-0.15, -0.1) is 0 Å². The van der Waals surface area contributed by atoms with Crippen LogP contribution in [0.1, 0.15) is 18.1 Å². The van der Waals surface area contributed by atoms with Crippen molar-refractivity contribution in [3.63, 3.8) is 0 Å². The molecule has 1 heterocycles. The van der Waals surface area contributed by atoms with Gasteiger partial charge in [-0.1, -0.05) is 53.5 Å². The fraction of sp³-hybridized carbons (Fsp3) is 0.148. The minimum atomic E-state index is -0.531. The van der Waals surface area contributed by atoms with Crippen LogP contribution >= 0.6 is 35.0 Å². The molecule has 0 aromatic heterocycles. The highest BCUT2D eigenvalue weighted by atomic mass is 35.5. The molecule has 10 heteroatoms. The van der Waals surface area contributed by atoms with Gasteiger partial charge < -0.3 is 14.8 Å². The molecule has 1 aliphatic rings. The van der Waals surface area contributed by atoms with Crippen molar-refractivity contribution in [2.45, 2.75) is 13.5 Å². The number of nitrogens with zero attached hydrogens (tertiary/aromatic N) is 1. The Morgan fingerprint density at radius 1 is 0.973 bits per heavy atom. The molecule has 190 valence electrons. The summed E-state index contributed by atoms with van der Waals surface area (Å²) < 4.78 is 11.6. The lowest BCUT2D eigenvalue weighted by Crippen LogP contribution is -2.36. The number of hydrogen-bond acceptors (Lipinski definition) is 6. The first kappa shape index (κ1) is 26.6. The highest BCUT2D eigenvalue weighted by molar-refractivity contribution is 8.18. The van der Waals surface area contributed by atoms with Gasteiger partial charge in [0.05, 0.1) is 21.6 Å². The summed E-state index contributed by atoms with van der Waals surface area (Å²) in [6, 6.07) is 19.3. The molecule has 1 fully saturated rings. The molecule has 1 N–H and O–H groups in total. The molecule has 0 atom stereocenters. The minimum absolute atomic E-state index is 0.212. The van der Waals surface area contributed by atoms with Crippen molar-refractivity contribution in [1.29, 1.82) is 0 Å². The lowest BCUT2D eigenvalue weighted by molar-refractivity contribution is -0.127. The van der Waals surface area contributed by atoms with Gasteiger partial charge in [0.1, 0.15) is 13.2 Å². The van der Waals surface area contributed by atoms with Crippen LogP contribution in [0.15, 0.2) is 71.6 Å². The fourth-order valence-corrected chi connectivity index (χ4v) is 4.60. The average molecular weight is 557 g/mol. The maximum absolute atomic E-state index is 12.9. The molecule has 0 aliphatic carbocycles. The van der Waals surface area contributed by atoms with Crippen molar-refractivity contribution in [2.24, 2.45) is 0 Å². The summed E-state index contributed by atoms with van der Waals surface area (Å²) in [6.07, 6.45) is 1.59. The zero-order valence-electron chi connectivity index (χ0n) is 19.7. The van der Waals surface area contributed by atoms with Crippen LogP contribution < -0.4 is 14.8 Å². The summed E-state index contributed by atoms with van der Waals surface area (Å²) in [5.41, 5.74) is 2.07. The van der Waals surface area contributed by atoms with Gasteiger partial charge >= 0.3 is 0 Å². The first-order valence-corrected chi connectivity index (χ1v) is 12.8. The summed E-state index contributed by atoms with van der Waals surface area (Å²) in [6.45, 7) is 2.13. The third kappa shape index (κ3) is 6.85. The van der Waals surface area contributed by atoms with Crippen LogP contribution in [-0.2, 0) is 16.2 Å². The Morgan fingerprint density at radius 3 is 2.49 bits per heavy atom. The standard InChI is InChI=1S/C27H22Cl2N2O5S/c1-2-35-23-13-17(9-11-22(23)36-16-18-8-10-20(28)21(29)12-18)14-24-26(33)31(27(34)37-24)15-25(32)30-19-6-4-3-5-7-19/h3-14H,2,15-16H2,1H3,(H,30,32)/b24-14+. The van der Waals surface area contributed by atoms with E-state index in [9.17, 15) is 14.4 Å². The van der Waals surface area contributed by atoms with Gasteiger partial charge in [0.2, 0.25) is 5.91 Å². The second-order valence-corrected chi connectivity index (χ2v) is 9.67. The molecular formula is C27H22Cl2N2O5S. The van der Waals surface area contributed by atoms with E-state index in [0.717, 1.165) is 22.2 Å². The lowest BCUT2D eigenvalue weighted by atomic mass is 10.1. The highest BCUT2D eigenvalue weighted by Crippen LogP contribution is 2.35. The zero-order valence-corrected chi connectivity index (χ0v) is 22.0. The molecule has 3 aromatic rings. The molecule has 3 aromatic carbocycles. The topological polar surface area (TPSA) is 84.9 Å². The number of anilines is 1. The van der Waals surface area contributed by atoms with E-state index in [1.165, 1.54) is 0 Å². The molecule has 1 aliphatic heterocycles. The number of amides is 3. The van der Waals surface area contributed by atoms with E-state index >= 15 is 0 Å². The predicted molar refractivity (Wildman–Crippen MR) is 146 cm³/mol. The van der Waals surface area contributed by atoms with Crippen molar-refractivity contribution in [3.8, 4) is 11.5 Å². The van der Waals surface area contributed by atoms with Crippen LogP contribution in [0.25, 0.3) is 6.08 Å². The molecule has 3 amide bonds. The number of ether oxygens (including phenoxy) is 2. The van der Waals surface area contributed by atoms with E-state index in [1.807, 2.05) is 19.1 Å². The number of benzene rings is 3. The van der Waals surface area contributed by atoms with E-state index in [-0.39, 0.29) is 18.1 Å². The Hall–Kier alpha value is -3.46. The van der Waals surface area contributed by atoms with Gasteiger partial charge in [-0.3, -0.25) is 19.3 Å². The molecule has 7 nitrogen and oxygen atoms in total. The summed E-state index contributed by atoms with van der Waals surface area (Å²) >= 11 is 12.8. The minimum Gasteiger partial charge on any atom is -0.490 e. The number of carbonyl (C=O) groups is 3. The molecule has 0 unspecified atom stereocenters. The quantitative estimate of drug-likeness (QED) is 0.297. The summed E-state index contributed by atoms with van der Waals surface area (Å²) in [5, 5.41) is 3.07. The van der Waals surface area contributed by atoms with Crippen LogP contribution in [0.4, 0.5) is 10.5 Å². The number of imide groups is 1. The van der Waals surface area contributed by atoms with E-state index in [2.05, 4.69) is 5.32 Å². The van der Waals surface area contributed by atoms with Gasteiger partial charge in [0, 0.05) is 5.69 Å². The molecule has 0 bridgehead atoms. The number of rotatable bonds is 9. The Bertz CT molecular complexity index is 1360. The molecule has 0 spiro atoms. The van der Waals surface area contributed by atoms with E-state index in [0.29, 0.717) is 39.4 Å². The SMILES string of the molecule is CCOc1cc(/C=C2/SC(=O)N(CC(=O)Nc3ccccc3)C2=O)ccc1OCc1ccc(Cl)c(Cl)c1. The van der Waals surface area contributed by atoms with E-state index < -0.39 is 17.1 Å². The third-order valence-electron chi connectivity index (χ3n) is 5.18. The van der Waals surface area contributed by atoms with Gasteiger partial charge in [0.15, 0.2) is 11.5 Å². The molecule has 37 heavy (non-hydrogen) atoms. The second kappa shape index (κ2) is 12.2. The van der Waals surface area contributed by atoms with Crippen molar-refractivity contribution in [1.82, 2.24) is 4.90 Å². The average Bonchev–Trinajstić information content (AvgIpc) is 3.13. The van der Waals surface area contributed by atoms with Gasteiger partial charge in [-0.05, 0) is 72.3 Å². The maximum Gasteiger partial charge on any atom is 0.294 e. The fourth-order valence-electron chi connectivity index (χ4n) is 3.45. The predicted octanol–water partition coefficient (Wildman–Crippen LogP) is 6.65. The third-order valence-corrected chi connectivity index (χ3v) is 6.82. The van der Waals surface area contributed by atoms with E-state index in [4.69, 9.17) is 32.7 Å². The maximum atomic E-state index is 12.9. The number of halogens is 2. The lowest BCUT2D eigenvalue weighted by Gasteiger charge is -2.13. The Balaban J connectivity index is 1.45. The first-order valence-electron chi connectivity index (χ1n) is 11.3. The summed E-state index contributed by atoms with van der Waals surface area (Å²) in [5.74, 6) is 0.00140. The monoisotopic (exact) mass is 556 g/mol. The van der Waals surface area contributed by atoms with Gasteiger partial charge in [-0.2, -0.15) is 0 Å². The summed E-state index contributed by atoms with van der Waals surface area (Å²) in [4.78, 5) is 38.8. The Morgan fingerprint density at radius 2 is 1.76 bits per heavy atom. The van der Waals surface area contributed by atoms with Gasteiger partial charge in [-0.25, -0.2) is 0 Å². The van der Waals surface area contributed by atoms with Gasteiger partial charge in [0.25, 0.3) is 11.1 Å². The highest BCUT2D eigenvalue weighted by Gasteiger charge is 2.36. The van der Waals surface area contributed by atoms with Crippen LogP contribution in [0.2, 0.25) is 10.0 Å². The zero-order chi connectivity index (χ0) is 26.4. The Labute approximate surface area is 228 Å². The molecule has 0 radical (unpaired) electrons. The van der Waals surface area contributed by atoms with E-state index in [1.54, 1.807) is 60.7 Å². The molecule has 1 saturated heterocycles. The summed E-state index contributed by atoms with van der Waals surface area (Å²) in [7, 11) is 0. The Kier molecular flexibility index (Phi) is 8.76. The normalized spacial score (nSPS) is 14.2. The number of hydrogen-bond donors (Lipinski definition) is 1.